The number of aryl methyl sites for hydroxylation is 1. The highest BCUT2D eigenvalue weighted by Gasteiger charge is 2.28. The largest absolute Gasteiger partial charge is 0.506 e. The number of carbonyl (C=O) groups is 1. The molecule has 3 aromatic rings. The molecule has 1 aromatic heterocycles. The number of phenolic OH excluding ortho intramolecular Hbond substituents is 1. The zero-order valence-corrected chi connectivity index (χ0v) is 18.5. The van der Waals surface area contributed by atoms with Crippen LogP contribution in [-0.4, -0.2) is 17.0 Å². The molecule has 2 aromatic carbocycles. The Morgan fingerprint density at radius 1 is 1.26 bits per heavy atom. The summed E-state index contributed by atoms with van der Waals surface area (Å²) in [5, 5.41) is 11.6. The summed E-state index contributed by atoms with van der Waals surface area (Å²) in [4.78, 5) is 17.2. The zero-order chi connectivity index (χ0) is 19.3. The molecule has 0 amide bonds. The number of hydrogen-bond acceptors (Lipinski definition) is 5. The molecule has 0 unspecified atom stereocenters. The minimum absolute atomic E-state index is 0.0116. The van der Waals surface area contributed by atoms with Crippen LogP contribution in [0.2, 0.25) is 5.02 Å². The summed E-state index contributed by atoms with van der Waals surface area (Å²) >= 11 is 14.5. The van der Waals surface area contributed by atoms with E-state index in [2.05, 4.69) is 36.9 Å². The van der Waals surface area contributed by atoms with Crippen LogP contribution in [0.3, 0.4) is 0 Å². The maximum absolute atomic E-state index is 12.3. The fourth-order valence-electron chi connectivity index (χ4n) is 2.66. The molecule has 0 saturated carbocycles. The maximum atomic E-state index is 12.3. The maximum Gasteiger partial charge on any atom is 0.363 e. The molecule has 0 aliphatic carbocycles. The summed E-state index contributed by atoms with van der Waals surface area (Å²) in [7, 11) is 0. The molecule has 8 heteroatoms. The van der Waals surface area contributed by atoms with Crippen molar-refractivity contribution in [2.75, 3.05) is 0 Å². The predicted octanol–water partition coefficient (Wildman–Crippen LogP) is 6.44. The van der Waals surface area contributed by atoms with E-state index in [1.165, 1.54) is 17.4 Å². The van der Waals surface area contributed by atoms with Gasteiger partial charge in [-0.1, -0.05) is 39.7 Å². The molecular formula is C19H10Br2ClNO3S. The molecular weight excluding hydrogens is 518 g/mol. The highest BCUT2D eigenvalue weighted by Crippen LogP contribution is 2.38. The van der Waals surface area contributed by atoms with Gasteiger partial charge in [-0.05, 0) is 52.7 Å². The number of rotatable bonds is 2. The molecule has 2 heterocycles. The van der Waals surface area contributed by atoms with E-state index in [9.17, 15) is 9.90 Å². The third-order valence-corrected chi connectivity index (χ3v) is 6.66. The van der Waals surface area contributed by atoms with Gasteiger partial charge in [-0.3, -0.25) is 0 Å². The van der Waals surface area contributed by atoms with Crippen molar-refractivity contribution < 1.29 is 14.6 Å². The van der Waals surface area contributed by atoms with E-state index >= 15 is 0 Å². The topological polar surface area (TPSA) is 58.9 Å². The first-order valence-corrected chi connectivity index (χ1v) is 10.5. The number of aromatic hydroxyl groups is 1. The summed E-state index contributed by atoms with van der Waals surface area (Å²) in [6.45, 7) is 2.00. The van der Waals surface area contributed by atoms with Gasteiger partial charge in [0.05, 0.1) is 9.50 Å². The number of aliphatic imine (C=N–C) groups is 1. The third-order valence-electron chi connectivity index (χ3n) is 3.95. The molecule has 0 fully saturated rings. The second-order valence-electron chi connectivity index (χ2n) is 5.91. The number of thiophene rings is 1. The second-order valence-corrected chi connectivity index (χ2v) is 9.11. The Balaban J connectivity index is 1.79. The lowest BCUT2D eigenvalue weighted by Gasteiger charge is -2.03. The van der Waals surface area contributed by atoms with Gasteiger partial charge in [0, 0.05) is 20.1 Å². The van der Waals surface area contributed by atoms with Crippen molar-refractivity contribution in [3.05, 3.63) is 66.0 Å². The lowest BCUT2D eigenvalue weighted by molar-refractivity contribution is -0.129. The van der Waals surface area contributed by atoms with E-state index in [1.54, 1.807) is 12.1 Å². The molecule has 4 rings (SSSR count). The lowest BCUT2D eigenvalue weighted by Crippen LogP contribution is -2.04. The quantitative estimate of drug-likeness (QED) is 0.308. The van der Waals surface area contributed by atoms with Gasteiger partial charge in [0.15, 0.2) is 5.70 Å². The summed E-state index contributed by atoms with van der Waals surface area (Å²) < 4.78 is 7.59. The Hall–Kier alpha value is -1.67. The number of cyclic esters (lactones) is 1. The van der Waals surface area contributed by atoms with Crippen molar-refractivity contribution in [3.63, 3.8) is 0 Å². The molecule has 0 atom stereocenters. The number of fused-ring (bicyclic) bond motifs is 1. The first-order valence-electron chi connectivity index (χ1n) is 7.73. The number of carbonyl (C=O) groups excluding carboxylic acids is 1. The fraction of sp³-hybridized carbons (Fsp3) is 0.0526. The van der Waals surface area contributed by atoms with E-state index in [0.29, 0.717) is 19.9 Å². The molecule has 27 heavy (non-hydrogen) atoms. The Kier molecular flexibility index (Phi) is 4.88. The molecule has 0 saturated heterocycles. The van der Waals surface area contributed by atoms with Gasteiger partial charge < -0.3 is 9.84 Å². The summed E-state index contributed by atoms with van der Waals surface area (Å²) in [6, 6.07) is 9.34. The minimum atomic E-state index is -0.592. The van der Waals surface area contributed by atoms with Gasteiger partial charge >= 0.3 is 5.97 Å². The first kappa shape index (κ1) is 18.7. The molecule has 4 nitrogen and oxygen atoms in total. The molecule has 0 bridgehead atoms. The fourth-order valence-corrected chi connectivity index (χ4v) is 5.45. The van der Waals surface area contributed by atoms with E-state index in [-0.39, 0.29) is 17.3 Å². The van der Waals surface area contributed by atoms with E-state index < -0.39 is 5.97 Å². The van der Waals surface area contributed by atoms with Crippen molar-refractivity contribution in [1.82, 2.24) is 0 Å². The Labute approximate surface area is 180 Å². The van der Waals surface area contributed by atoms with Gasteiger partial charge in [-0.25, -0.2) is 9.79 Å². The van der Waals surface area contributed by atoms with Crippen molar-refractivity contribution in [3.8, 4) is 5.75 Å². The van der Waals surface area contributed by atoms with Crippen LogP contribution in [0, 0.1) is 6.92 Å². The number of benzene rings is 2. The van der Waals surface area contributed by atoms with Gasteiger partial charge in [0.2, 0.25) is 5.90 Å². The second kappa shape index (κ2) is 7.05. The number of ether oxygens (including phenoxy) is 1. The van der Waals surface area contributed by atoms with Gasteiger partial charge in [-0.15, -0.1) is 11.3 Å². The molecule has 0 spiro atoms. The lowest BCUT2D eigenvalue weighted by atomic mass is 10.1. The van der Waals surface area contributed by atoms with Crippen LogP contribution in [0.15, 0.2) is 50.0 Å². The SMILES string of the molecule is Cc1ccc2c(Cl)c(C3=N/C(=C/c4cc(Br)cc(Br)c4O)C(=O)O3)sc2c1. The van der Waals surface area contributed by atoms with Crippen LogP contribution in [0.5, 0.6) is 5.75 Å². The van der Waals surface area contributed by atoms with Gasteiger partial charge in [0.25, 0.3) is 0 Å². The van der Waals surface area contributed by atoms with Crippen LogP contribution >= 0.6 is 54.8 Å². The van der Waals surface area contributed by atoms with Crippen LogP contribution in [-0.2, 0) is 9.53 Å². The van der Waals surface area contributed by atoms with Crippen molar-refractivity contribution >= 4 is 82.8 Å². The van der Waals surface area contributed by atoms with Gasteiger partial charge in [-0.2, -0.15) is 0 Å². The van der Waals surface area contributed by atoms with Crippen LogP contribution in [0.4, 0.5) is 0 Å². The van der Waals surface area contributed by atoms with E-state index in [0.717, 1.165) is 20.1 Å². The Morgan fingerprint density at radius 2 is 2.04 bits per heavy atom. The molecule has 1 aliphatic heterocycles. The monoisotopic (exact) mass is 525 g/mol. The van der Waals surface area contributed by atoms with Crippen LogP contribution in [0.1, 0.15) is 16.0 Å². The number of nitrogens with zero attached hydrogens (tertiary/aromatic N) is 1. The number of esters is 1. The summed E-state index contributed by atoms with van der Waals surface area (Å²) in [5.41, 5.74) is 1.65. The minimum Gasteiger partial charge on any atom is -0.506 e. The van der Waals surface area contributed by atoms with Crippen molar-refractivity contribution in [1.29, 1.82) is 0 Å². The standard InChI is InChI=1S/C19H10Br2ClNO3S/c1-8-2-3-11-14(4-8)27-17(15(11)22)18-23-13(19(25)26-18)6-9-5-10(20)7-12(21)16(9)24/h2-7,24H,1H3/b13-6+. The van der Waals surface area contributed by atoms with E-state index in [4.69, 9.17) is 16.3 Å². The number of halogens is 3. The van der Waals surface area contributed by atoms with Crippen molar-refractivity contribution in [2.24, 2.45) is 4.99 Å². The Bertz CT molecular complexity index is 1180. The first-order chi connectivity index (χ1) is 12.8. The molecule has 1 aliphatic rings. The third kappa shape index (κ3) is 3.45. The van der Waals surface area contributed by atoms with Crippen LogP contribution in [0.25, 0.3) is 16.2 Å². The average molecular weight is 528 g/mol. The smallest absolute Gasteiger partial charge is 0.363 e. The van der Waals surface area contributed by atoms with Crippen LogP contribution < -0.4 is 0 Å². The van der Waals surface area contributed by atoms with Crippen molar-refractivity contribution in [2.45, 2.75) is 6.92 Å². The molecule has 1 N–H and O–H groups in total. The highest BCUT2D eigenvalue weighted by molar-refractivity contribution is 9.11. The summed E-state index contributed by atoms with van der Waals surface area (Å²) in [5.74, 6) is -0.411. The normalized spacial score (nSPS) is 15.5. The zero-order valence-electron chi connectivity index (χ0n) is 13.7. The molecule has 136 valence electrons. The summed E-state index contributed by atoms with van der Waals surface area (Å²) in [6.07, 6.45) is 1.48. The highest BCUT2D eigenvalue weighted by atomic mass is 79.9. The predicted molar refractivity (Wildman–Crippen MR) is 116 cm³/mol. The Morgan fingerprint density at radius 3 is 2.81 bits per heavy atom. The number of phenols is 1. The number of hydrogen-bond donors (Lipinski definition) is 1. The molecule has 0 radical (unpaired) electrons. The van der Waals surface area contributed by atoms with E-state index in [1.807, 2.05) is 25.1 Å². The average Bonchev–Trinajstić information content (AvgIpc) is 3.12. The van der Waals surface area contributed by atoms with Gasteiger partial charge in [0.1, 0.15) is 10.6 Å².